The summed E-state index contributed by atoms with van der Waals surface area (Å²) in [5.41, 5.74) is 0.567. The first-order valence-electron chi connectivity index (χ1n) is 8.29. The standard InChI is InChI=1S/C20H20O5/c1-4-7-20-10-17(22-3)14(21)9-18(20)25-19(12(20)2)13-5-6-15-16(8-13)24-11-23-15/h4-6,8-10,12,19H,1,7,11H2,2-3H3/t12?,19?,20-/m0/s1. The van der Waals surface area contributed by atoms with E-state index in [0.29, 0.717) is 17.9 Å². The zero-order valence-corrected chi connectivity index (χ0v) is 14.3. The second-order valence-corrected chi connectivity index (χ2v) is 6.56. The molecule has 1 aromatic rings. The molecular formula is C20H20O5. The first-order chi connectivity index (χ1) is 12.1. The van der Waals surface area contributed by atoms with E-state index in [1.165, 1.54) is 7.11 Å². The Kier molecular flexibility index (Phi) is 3.60. The van der Waals surface area contributed by atoms with Crippen molar-refractivity contribution in [2.75, 3.05) is 13.9 Å². The zero-order valence-electron chi connectivity index (χ0n) is 14.3. The van der Waals surface area contributed by atoms with Gasteiger partial charge >= 0.3 is 0 Å². The summed E-state index contributed by atoms with van der Waals surface area (Å²) in [7, 11) is 1.51. The molecule has 2 heterocycles. The molecule has 0 spiro atoms. The molecule has 1 saturated heterocycles. The number of fused-ring (bicyclic) bond motifs is 2. The maximum atomic E-state index is 12.2. The van der Waals surface area contributed by atoms with E-state index in [2.05, 4.69) is 13.5 Å². The highest BCUT2D eigenvalue weighted by atomic mass is 16.7. The minimum atomic E-state index is -0.429. The molecule has 0 amide bonds. The van der Waals surface area contributed by atoms with E-state index in [1.54, 1.807) is 6.08 Å². The Hall–Kier alpha value is -2.69. The van der Waals surface area contributed by atoms with Gasteiger partial charge < -0.3 is 18.9 Å². The maximum absolute atomic E-state index is 12.2. The van der Waals surface area contributed by atoms with Gasteiger partial charge in [-0.05, 0) is 30.2 Å². The van der Waals surface area contributed by atoms with E-state index in [-0.39, 0.29) is 24.6 Å². The van der Waals surface area contributed by atoms with Crippen LogP contribution in [0.2, 0.25) is 0 Å². The van der Waals surface area contributed by atoms with Crippen LogP contribution in [-0.2, 0) is 14.3 Å². The summed E-state index contributed by atoms with van der Waals surface area (Å²) >= 11 is 0. The average Bonchev–Trinajstić information content (AvgIpc) is 3.18. The molecule has 0 N–H and O–H groups in total. The highest BCUT2D eigenvalue weighted by molar-refractivity contribution is 6.04. The van der Waals surface area contributed by atoms with Gasteiger partial charge in [0.25, 0.3) is 0 Å². The Balaban J connectivity index is 1.76. The van der Waals surface area contributed by atoms with Crippen LogP contribution in [0.5, 0.6) is 11.5 Å². The highest BCUT2D eigenvalue weighted by Crippen LogP contribution is 2.58. The molecule has 0 aromatic heterocycles. The molecule has 130 valence electrons. The van der Waals surface area contributed by atoms with E-state index in [4.69, 9.17) is 18.9 Å². The molecule has 1 fully saturated rings. The Labute approximate surface area is 146 Å². The third kappa shape index (κ3) is 2.26. The summed E-state index contributed by atoms with van der Waals surface area (Å²) in [4.78, 5) is 12.2. The third-order valence-electron chi connectivity index (χ3n) is 5.30. The summed E-state index contributed by atoms with van der Waals surface area (Å²) in [6.45, 7) is 6.25. The molecule has 2 aliphatic heterocycles. The van der Waals surface area contributed by atoms with Crippen LogP contribution in [0.1, 0.15) is 25.0 Å². The van der Waals surface area contributed by atoms with Crippen molar-refractivity contribution in [1.82, 2.24) is 0 Å². The van der Waals surface area contributed by atoms with Crippen LogP contribution in [0.15, 0.2) is 54.5 Å². The summed E-state index contributed by atoms with van der Waals surface area (Å²) in [5, 5.41) is 0. The number of allylic oxidation sites excluding steroid dienone is 3. The topological polar surface area (TPSA) is 54.0 Å². The van der Waals surface area contributed by atoms with E-state index >= 15 is 0 Å². The van der Waals surface area contributed by atoms with Gasteiger partial charge in [0.05, 0.1) is 12.5 Å². The molecule has 25 heavy (non-hydrogen) atoms. The molecular weight excluding hydrogens is 320 g/mol. The normalized spacial score (nSPS) is 29.4. The molecule has 3 aliphatic rings. The predicted molar refractivity (Wildman–Crippen MR) is 91.0 cm³/mol. The van der Waals surface area contributed by atoms with Gasteiger partial charge in [0.1, 0.15) is 11.9 Å². The number of methoxy groups -OCH3 is 1. The molecule has 2 unspecified atom stereocenters. The van der Waals surface area contributed by atoms with Crippen molar-refractivity contribution >= 4 is 5.78 Å². The van der Waals surface area contributed by atoms with Crippen molar-refractivity contribution in [2.45, 2.75) is 19.4 Å². The van der Waals surface area contributed by atoms with Crippen molar-refractivity contribution < 1.29 is 23.7 Å². The van der Waals surface area contributed by atoms with Crippen LogP contribution in [-0.4, -0.2) is 19.7 Å². The summed E-state index contributed by atoms with van der Waals surface area (Å²) in [6.07, 6.45) is 5.77. The molecule has 4 rings (SSSR count). The number of ketones is 1. The van der Waals surface area contributed by atoms with E-state index in [0.717, 1.165) is 17.1 Å². The fraction of sp³-hybridized carbons (Fsp3) is 0.350. The van der Waals surface area contributed by atoms with Crippen LogP contribution in [0.25, 0.3) is 0 Å². The minimum absolute atomic E-state index is 0.0929. The van der Waals surface area contributed by atoms with Gasteiger partial charge in [-0.1, -0.05) is 19.1 Å². The second-order valence-electron chi connectivity index (χ2n) is 6.56. The first-order valence-corrected chi connectivity index (χ1v) is 8.29. The Morgan fingerprint density at radius 2 is 2.16 bits per heavy atom. The Morgan fingerprint density at radius 1 is 1.36 bits per heavy atom. The predicted octanol–water partition coefficient (Wildman–Crippen LogP) is 3.68. The number of hydrogen-bond acceptors (Lipinski definition) is 5. The van der Waals surface area contributed by atoms with Gasteiger partial charge in [-0.15, -0.1) is 6.58 Å². The molecule has 0 radical (unpaired) electrons. The first kappa shape index (κ1) is 15.8. The van der Waals surface area contributed by atoms with Crippen molar-refractivity contribution in [2.24, 2.45) is 11.3 Å². The molecule has 1 aromatic carbocycles. The minimum Gasteiger partial charge on any atom is -0.493 e. The Morgan fingerprint density at radius 3 is 2.92 bits per heavy atom. The van der Waals surface area contributed by atoms with E-state index in [9.17, 15) is 4.79 Å². The molecule has 5 heteroatoms. The maximum Gasteiger partial charge on any atom is 0.231 e. The van der Waals surface area contributed by atoms with Gasteiger partial charge in [-0.2, -0.15) is 0 Å². The van der Waals surface area contributed by atoms with E-state index in [1.807, 2.05) is 30.4 Å². The lowest BCUT2D eigenvalue weighted by molar-refractivity contribution is -0.114. The van der Waals surface area contributed by atoms with Crippen LogP contribution < -0.4 is 9.47 Å². The SMILES string of the molecule is C=CC[C@@]12C=C(OC)C(=O)C=C1OC(c1ccc3c(c1)OCO3)C2C. The average molecular weight is 340 g/mol. The van der Waals surface area contributed by atoms with Gasteiger partial charge in [0.15, 0.2) is 17.3 Å². The number of hydrogen-bond donors (Lipinski definition) is 0. The van der Waals surface area contributed by atoms with Gasteiger partial charge in [-0.25, -0.2) is 0 Å². The fourth-order valence-electron chi connectivity index (χ4n) is 3.90. The van der Waals surface area contributed by atoms with E-state index < -0.39 is 5.41 Å². The Bertz CT molecular complexity index is 806. The van der Waals surface area contributed by atoms with Gasteiger partial charge in [0, 0.05) is 12.0 Å². The van der Waals surface area contributed by atoms with Crippen molar-refractivity contribution in [3.8, 4) is 11.5 Å². The monoisotopic (exact) mass is 340 g/mol. The van der Waals surface area contributed by atoms with Crippen LogP contribution in [0.4, 0.5) is 0 Å². The number of carbonyl (C=O) groups is 1. The van der Waals surface area contributed by atoms with Gasteiger partial charge in [0.2, 0.25) is 12.6 Å². The molecule has 3 atom stereocenters. The number of rotatable bonds is 4. The van der Waals surface area contributed by atoms with Crippen LogP contribution in [0, 0.1) is 11.3 Å². The molecule has 0 saturated carbocycles. The van der Waals surface area contributed by atoms with Crippen LogP contribution in [0.3, 0.4) is 0 Å². The lowest BCUT2D eigenvalue weighted by Gasteiger charge is -2.31. The van der Waals surface area contributed by atoms with Crippen LogP contribution >= 0.6 is 0 Å². The third-order valence-corrected chi connectivity index (χ3v) is 5.30. The zero-order chi connectivity index (χ0) is 17.6. The molecule has 5 nitrogen and oxygen atoms in total. The molecule has 0 bridgehead atoms. The lowest BCUT2D eigenvalue weighted by atomic mass is 9.69. The lowest BCUT2D eigenvalue weighted by Crippen LogP contribution is -2.29. The van der Waals surface area contributed by atoms with Crippen molar-refractivity contribution in [3.05, 3.63) is 60.1 Å². The highest BCUT2D eigenvalue weighted by Gasteiger charge is 2.53. The number of ether oxygens (including phenoxy) is 4. The molecule has 1 aliphatic carbocycles. The largest absolute Gasteiger partial charge is 0.493 e. The fourth-order valence-corrected chi connectivity index (χ4v) is 3.90. The number of benzene rings is 1. The smallest absolute Gasteiger partial charge is 0.231 e. The van der Waals surface area contributed by atoms with Crippen molar-refractivity contribution in [1.29, 1.82) is 0 Å². The quantitative estimate of drug-likeness (QED) is 0.783. The summed E-state index contributed by atoms with van der Waals surface area (Å²) in [6, 6.07) is 5.83. The van der Waals surface area contributed by atoms with Crippen molar-refractivity contribution in [3.63, 3.8) is 0 Å². The summed E-state index contributed by atoms with van der Waals surface area (Å²) < 4.78 is 22.4. The summed E-state index contributed by atoms with van der Waals surface area (Å²) in [5.74, 6) is 2.41. The number of carbonyl (C=O) groups excluding carboxylic acids is 1. The van der Waals surface area contributed by atoms with Gasteiger partial charge in [-0.3, -0.25) is 4.79 Å². The second kappa shape index (κ2) is 5.69.